The molecule has 9 nitrogen and oxygen atoms in total. The van der Waals surface area contributed by atoms with E-state index in [2.05, 4.69) is 0 Å². The topological polar surface area (TPSA) is 110 Å². The van der Waals surface area contributed by atoms with Crippen LogP contribution < -0.4 is 4.90 Å². The summed E-state index contributed by atoms with van der Waals surface area (Å²) < 4.78 is 12.1. The lowest BCUT2D eigenvalue weighted by Gasteiger charge is -2.27. The minimum Gasteiger partial charge on any atom is -0.360 e. The molecule has 10 heteroatoms. The van der Waals surface area contributed by atoms with Crippen LogP contribution in [-0.4, -0.2) is 47.3 Å². The van der Waals surface area contributed by atoms with E-state index in [9.17, 15) is 29.4 Å². The molecule has 0 N–H and O–H groups in total. The molecule has 29 heavy (non-hydrogen) atoms. The van der Waals surface area contributed by atoms with E-state index in [1.54, 1.807) is 31.1 Å². The van der Waals surface area contributed by atoms with Crippen LogP contribution in [-0.2, 0) is 4.79 Å². The van der Waals surface area contributed by atoms with Crippen LogP contribution in [0, 0.1) is 26.0 Å². The van der Waals surface area contributed by atoms with E-state index in [0.29, 0.717) is 0 Å². The van der Waals surface area contributed by atoms with E-state index in [-0.39, 0.29) is 23.3 Å². The molecule has 2 aromatic carbocycles. The van der Waals surface area contributed by atoms with Crippen molar-refractivity contribution >= 4 is 23.0 Å². The van der Waals surface area contributed by atoms with Gasteiger partial charge in [0, 0.05) is 50.6 Å². The number of nitrogens with zero attached hydrogens (tertiary/aromatic N) is 4. The highest BCUT2D eigenvalue weighted by Crippen LogP contribution is 2.28. The summed E-state index contributed by atoms with van der Waals surface area (Å²) in [6.45, 7) is 0.808. The maximum atomic E-state index is 12.1. The fourth-order valence-corrected chi connectivity index (χ4v) is 2.96. The molecule has 0 aromatic heterocycles. The molecule has 154 valence electrons. The molecule has 1 aliphatic rings. The van der Waals surface area contributed by atoms with Crippen molar-refractivity contribution in [3.63, 3.8) is 0 Å². The molecule has 1 heterocycles. The third kappa shape index (κ3) is 5.71. The Morgan fingerprint density at radius 3 is 1.93 bits per heavy atom. The van der Waals surface area contributed by atoms with Crippen molar-refractivity contribution in [1.82, 2.24) is 4.90 Å². The number of hydrogen-bond acceptors (Lipinski definition) is 6. The maximum Gasteiger partial charge on any atom is 0.269 e. The first-order valence-electron chi connectivity index (χ1n) is 8.83. The van der Waals surface area contributed by atoms with Crippen molar-refractivity contribution < 1.29 is 19.0 Å². The summed E-state index contributed by atoms with van der Waals surface area (Å²) in [7, 11) is 3.49. The number of nitro benzene ring substituents is 2. The molecule has 2 aromatic rings. The predicted octanol–water partition coefficient (Wildman–Crippen LogP) is 3.39. The van der Waals surface area contributed by atoms with Crippen LogP contribution in [0.3, 0.4) is 0 Å². The minimum atomic E-state index is -0.570. The summed E-state index contributed by atoms with van der Waals surface area (Å²) in [6.07, 6.45) is 1.79. The van der Waals surface area contributed by atoms with Gasteiger partial charge in [-0.2, -0.15) is 0 Å². The Hall–Kier alpha value is -3.56. The number of halogens is 1. The van der Waals surface area contributed by atoms with Crippen LogP contribution in [0.1, 0.15) is 12.8 Å². The molecule has 0 aliphatic carbocycles. The highest BCUT2D eigenvalue weighted by atomic mass is 19.1. The third-order valence-corrected chi connectivity index (χ3v) is 4.41. The van der Waals surface area contributed by atoms with Gasteiger partial charge in [-0.3, -0.25) is 25.0 Å². The molecule has 0 unspecified atom stereocenters. The number of carbonyl (C=O) groups excluding carboxylic acids is 1. The fourth-order valence-electron chi connectivity index (χ4n) is 2.96. The van der Waals surface area contributed by atoms with Gasteiger partial charge in [-0.25, -0.2) is 4.39 Å². The summed E-state index contributed by atoms with van der Waals surface area (Å²) in [5, 5.41) is 20.6. The number of likely N-dealkylation sites (N-methyl/N-ethyl adjacent to an activating group) is 1. The second-order valence-corrected chi connectivity index (χ2v) is 6.59. The zero-order valence-electron chi connectivity index (χ0n) is 16.0. The van der Waals surface area contributed by atoms with Gasteiger partial charge in [0.1, 0.15) is 11.9 Å². The summed E-state index contributed by atoms with van der Waals surface area (Å²) in [4.78, 5) is 35.3. The Balaban J connectivity index is 0.000000253. The molecule has 0 radical (unpaired) electrons. The van der Waals surface area contributed by atoms with Gasteiger partial charge in [0.15, 0.2) is 0 Å². The molecule has 1 atom stereocenters. The molecular weight excluding hydrogens is 383 g/mol. The number of amides is 1. The molecule has 0 bridgehead atoms. The molecule has 1 aliphatic heterocycles. The van der Waals surface area contributed by atoms with Gasteiger partial charge in [-0.15, -0.1) is 0 Å². The van der Waals surface area contributed by atoms with Gasteiger partial charge >= 0.3 is 0 Å². The van der Waals surface area contributed by atoms with Crippen molar-refractivity contribution in [3.8, 4) is 0 Å². The quantitative estimate of drug-likeness (QED) is 0.571. The minimum absolute atomic E-state index is 0.0680. The Kier molecular flexibility index (Phi) is 7.18. The average Bonchev–Trinajstić information content (AvgIpc) is 3.18. The largest absolute Gasteiger partial charge is 0.360 e. The normalized spacial score (nSPS) is 15.3. The molecule has 0 spiro atoms. The molecule has 1 amide bonds. The summed E-state index contributed by atoms with van der Waals surface area (Å²) in [6, 6.07) is 10.6. The van der Waals surface area contributed by atoms with Crippen molar-refractivity contribution in [2.24, 2.45) is 0 Å². The highest BCUT2D eigenvalue weighted by molar-refractivity contribution is 5.85. The van der Waals surface area contributed by atoms with Crippen molar-refractivity contribution in [2.45, 2.75) is 18.9 Å². The second-order valence-electron chi connectivity index (χ2n) is 6.59. The van der Waals surface area contributed by atoms with Crippen LogP contribution in [0.25, 0.3) is 0 Å². The standard InChI is InChI=1S/C13H17N3O3.C6H4FNO2/c1-14(2)13(17)12-4-3-9-15(12)10-5-7-11(8-6-10)16(18)19;7-5-1-3-6(4-2-5)8(9)10/h5-8,12H,3-4,9H2,1-2H3;1-4H/t12-;/m1./s1. The Morgan fingerprint density at radius 1 is 1.00 bits per heavy atom. The number of rotatable bonds is 4. The summed E-state index contributed by atoms with van der Waals surface area (Å²) in [5.74, 6) is -0.388. The fraction of sp³-hybridized carbons (Fsp3) is 0.316. The van der Waals surface area contributed by atoms with Crippen LogP contribution in [0.5, 0.6) is 0 Å². The van der Waals surface area contributed by atoms with Gasteiger partial charge in [0.25, 0.3) is 11.4 Å². The van der Waals surface area contributed by atoms with Crippen molar-refractivity contribution in [1.29, 1.82) is 0 Å². The van der Waals surface area contributed by atoms with Crippen LogP contribution in [0.15, 0.2) is 48.5 Å². The number of carbonyl (C=O) groups is 1. The second kappa shape index (κ2) is 9.58. The number of benzene rings is 2. The van der Waals surface area contributed by atoms with Gasteiger partial charge in [0.05, 0.1) is 9.85 Å². The smallest absolute Gasteiger partial charge is 0.269 e. The van der Waals surface area contributed by atoms with Gasteiger partial charge in [-0.1, -0.05) is 0 Å². The molecule has 3 rings (SSSR count). The van der Waals surface area contributed by atoms with E-state index in [1.807, 2.05) is 4.90 Å². The Morgan fingerprint density at radius 2 is 1.48 bits per heavy atom. The third-order valence-electron chi connectivity index (χ3n) is 4.41. The first-order valence-corrected chi connectivity index (χ1v) is 8.83. The Labute approximate surface area is 166 Å². The van der Waals surface area contributed by atoms with Gasteiger partial charge in [0.2, 0.25) is 5.91 Å². The lowest BCUT2D eigenvalue weighted by Crippen LogP contribution is -2.42. The van der Waals surface area contributed by atoms with Crippen molar-refractivity contribution in [3.05, 3.63) is 74.6 Å². The first-order chi connectivity index (χ1) is 13.7. The van der Waals surface area contributed by atoms with E-state index < -0.39 is 15.7 Å². The zero-order chi connectivity index (χ0) is 21.6. The van der Waals surface area contributed by atoms with E-state index in [1.165, 1.54) is 12.1 Å². The zero-order valence-corrected chi connectivity index (χ0v) is 16.0. The number of hydrogen-bond donors (Lipinski definition) is 0. The monoisotopic (exact) mass is 404 g/mol. The van der Waals surface area contributed by atoms with E-state index in [4.69, 9.17) is 0 Å². The van der Waals surface area contributed by atoms with Gasteiger partial charge < -0.3 is 9.80 Å². The van der Waals surface area contributed by atoms with Crippen LogP contribution in [0.2, 0.25) is 0 Å². The first kappa shape index (κ1) is 21.7. The number of anilines is 1. The van der Waals surface area contributed by atoms with Crippen LogP contribution in [0.4, 0.5) is 21.5 Å². The SMILES string of the molecule is CN(C)C(=O)[C@H]1CCCN1c1ccc([N+](=O)[O-])cc1.O=[N+]([O-])c1ccc(F)cc1. The molecule has 1 fully saturated rings. The van der Waals surface area contributed by atoms with Crippen LogP contribution >= 0.6 is 0 Å². The number of non-ortho nitro benzene ring substituents is 2. The molecular formula is C19H21FN4O5. The summed E-state index contributed by atoms with van der Waals surface area (Å²) in [5.41, 5.74) is 0.836. The molecule has 0 saturated carbocycles. The van der Waals surface area contributed by atoms with Crippen molar-refractivity contribution in [2.75, 3.05) is 25.5 Å². The lowest BCUT2D eigenvalue weighted by molar-refractivity contribution is -0.385. The van der Waals surface area contributed by atoms with Gasteiger partial charge in [-0.05, 0) is 37.1 Å². The van der Waals surface area contributed by atoms with E-state index >= 15 is 0 Å². The molecule has 1 saturated heterocycles. The number of nitro groups is 2. The maximum absolute atomic E-state index is 12.1. The Bertz CT molecular complexity index is 871. The summed E-state index contributed by atoms with van der Waals surface area (Å²) >= 11 is 0. The lowest BCUT2D eigenvalue weighted by atomic mass is 10.2. The average molecular weight is 404 g/mol. The van der Waals surface area contributed by atoms with E-state index in [0.717, 1.165) is 49.3 Å². The highest BCUT2D eigenvalue weighted by Gasteiger charge is 2.31. The predicted molar refractivity (Wildman–Crippen MR) is 105 cm³/mol.